The second-order valence-electron chi connectivity index (χ2n) is 3.65. The lowest BCUT2D eigenvalue weighted by Gasteiger charge is -1.90. The summed E-state index contributed by atoms with van der Waals surface area (Å²) in [6.45, 7) is 7.50. The van der Waals surface area contributed by atoms with Gasteiger partial charge in [0.2, 0.25) is 11.8 Å². The first kappa shape index (κ1) is 33.1. The summed E-state index contributed by atoms with van der Waals surface area (Å²) in [5.74, 6) is -0.456. The van der Waals surface area contributed by atoms with Crippen LogP contribution in [0.2, 0.25) is 0 Å². The molecule has 0 spiro atoms. The molecule has 0 atom stereocenters. The number of thiocarbonyl (C=S) groups is 1. The van der Waals surface area contributed by atoms with Gasteiger partial charge in [-0.1, -0.05) is 12.2 Å². The third-order valence-electron chi connectivity index (χ3n) is 0.755. The smallest absolute Gasteiger partial charge is 0.240 e. The molecule has 0 aliphatic carbocycles. The van der Waals surface area contributed by atoms with E-state index in [4.69, 9.17) is 5.21 Å². The highest BCUT2D eigenvalue weighted by molar-refractivity contribution is 7.80. The molecule has 140 valence electrons. The van der Waals surface area contributed by atoms with Crippen molar-refractivity contribution in [2.45, 2.75) is 34.6 Å². The molecular weight excluding hydrogens is 326 g/mol. The van der Waals surface area contributed by atoms with E-state index in [0.29, 0.717) is 0 Å². The third kappa shape index (κ3) is 238. The molecule has 0 unspecified atom stereocenters. The van der Waals surface area contributed by atoms with Crippen molar-refractivity contribution in [3.05, 3.63) is 0 Å². The fourth-order valence-corrected chi connectivity index (χ4v) is 0.144. The molecule has 10 heteroatoms. The number of methoxy groups -OCH3 is 1. The largest absolute Gasteiger partial charge is 0.388 e. The van der Waals surface area contributed by atoms with Gasteiger partial charge >= 0.3 is 0 Å². The maximum atomic E-state index is 9.81. The molecule has 0 aliphatic rings. The summed E-state index contributed by atoms with van der Waals surface area (Å²) in [6, 6.07) is 0. The first-order chi connectivity index (χ1) is 10.5. The van der Waals surface area contributed by atoms with Crippen molar-refractivity contribution in [1.29, 1.82) is 0 Å². The van der Waals surface area contributed by atoms with Crippen LogP contribution in [0.1, 0.15) is 34.6 Å². The van der Waals surface area contributed by atoms with E-state index in [2.05, 4.69) is 32.6 Å². The Kier molecular flexibility index (Phi) is 46.6. The van der Waals surface area contributed by atoms with E-state index in [0.717, 1.165) is 4.99 Å². The number of hydrogen-bond donors (Lipinski definition) is 4. The average molecular weight is 357 g/mol. The number of ether oxygens (including phenoxy) is 1. The van der Waals surface area contributed by atoms with Gasteiger partial charge in [0, 0.05) is 35.1 Å². The Morgan fingerprint density at radius 3 is 1.13 bits per heavy atom. The van der Waals surface area contributed by atoms with E-state index in [1.165, 1.54) is 40.3 Å². The van der Waals surface area contributed by atoms with Crippen molar-refractivity contribution in [2.75, 3.05) is 28.4 Å². The first-order valence-electron chi connectivity index (χ1n) is 6.22. The fraction of sp³-hybridized carbons (Fsp3) is 0.692. The Morgan fingerprint density at radius 1 is 0.913 bits per heavy atom. The topological polar surface area (TPSA) is 126 Å². The molecule has 4 N–H and O–H groups in total. The lowest BCUT2D eigenvalue weighted by Crippen LogP contribution is -2.17. The van der Waals surface area contributed by atoms with Crippen LogP contribution in [0, 0.1) is 0 Å². The Bertz CT molecular complexity index is 283. The monoisotopic (exact) mass is 357 g/mol. The van der Waals surface area contributed by atoms with E-state index in [1.807, 2.05) is 14.0 Å². The van der Waals surface area contributed by atoms with Crippen LogP contribution in [0.4, 0.5) is 0 Å². The van der Waals surface area contributed by atoms with Gasteiger partial charge < -0.3 is 14.8 Å². The van der Waals surface area contributed by atoms with Crippen molar-refractivity contribution >= 4 is 34.8 Å². The molecule has 0 saturated carbocycles. The molecule has 0 fully saturated rings. The van der Waals surface area contributed by atoms with Gasteiger partial charge in [-0.3, -0.25) is 19.6 Å². The van der Waals surface area contributed by atoms with Crippen molar-refractivity contribution < 1.29 is 29.2 Å². The summed E-state index contributed by atoms with van der Waals surface area (Å²) in [5.41, 5.74) is 3.46. The fourth-order valence-electron chi connectivity index (χ4n) is 0.144. The molecule has 9 nitrogen and oxygen atoms in total. The van der Waals surface area contributed by atoms with Crippen molar-refractivity contribution in [3.8, 4) is 0 Å². The highest BCUT2D eigenvalue weighted by atomic mass is 32.1. The lowest BCUT2D eigenvalue weighted by atomic mass is 10.6. The molecule has 0 aliphatic heterocycles. The minimum atomic E-state index is -0.440. The second-order valence-corrected chi connectivity index (χ2v) is 4.27. The normalized spacial score (nSPS) is 6.87. The number of rotatable bonds is 1. The minimum Gasteiger partial charge on any atom is -0.388 e. The van der Waals surface area contributed by atoms with Crippen molar-refractivity contribution in [1.82, 2.24) is 16.3 Å². The Labute approximate surface area is 144 Å². The molecule has 23 heavy (non-hydrogen) atoms. The summed E-state index contributed by atoms with van der Waals surface area (Å²) in [5, 5.41) is 10.3. The minimum absolute atomic E-state index is 0.167. The zero-order valence-corrected chi connectivity index (χ0v) is 16.2. The van der Waals surface area contributed by atoms with E-state index >= 15 is 0 Å². The quantitative estimate of drug-likeness (QED) is 0.305. The molecule has 0 aromatic heterocycles. The number of carbonyl (C=O) groups is 3. The molecule has 0 bridgehead atoms. The van der Waals surface area contributed by atoms with Crippen LogP contribution in [-0.2, 0) is 24.0 Å². The van der Waals surface area contributed by atoms with Gasteiger partial charge in [0.15, 0.2) is 0 Å². The number of hydrogen-bond acceptors (Lipinski definition) is 7. The zero-order valence-electron chi connectivity index (χ0n) is 15.4. The van der Waals surface area contributed by atoms with E-state index in [-0.39, 0.29) is 11.7 Å². The van der Waals surface area contributed by atoms with Crippen LogP contribution in [0.15, 0.2) is 0 Å². The highest BCUT2D eigenvalue weighted by Gasteiger charge is 1.79. The summed E-state index contributed by atoms with van der Waals surface area (Å²) < 4.78 is 4.25. The van der Waals surface area contributed by atoms with Gasteiger partial charge in [0.05, 0.1) is 12.1 Å². The van der Waals surface area contributed by atoms with E-state index in [9.17, 15) is 14.4 Å². The number of Topliss-reactive ketones (excluding diaryl/α,β-unsaturated/α-hetero) is 1. The maximum absolute atomic E-state index is 9.81. The first-order valence-corrected chi connectivity index (χ1v) is 6.63. The predicted octanol–water partition coefficient (Wildman–Crippen LogP) is 0.607. The lowest BCUT2D eigenvalue weighted by molar-refractivity contribution is -0.129. The van der Waals surface area contributed by atoms with E-state index in [1.54, 1.807) is 14.2 Å². The van der Waals surface area contributed by atoms with Crippen LogP contribution in [-0.4, -0.2) is 56.2 Å². The molecular formula is C13H31N3O6S. The average Bonchev–Trinajstić information content (AvgIpc) is 2.40. The van der Waals surface area contributed by atoms with Crippen LogP contribution in [0.5, 0.6) is 0 Å². The van der Waals surface area contributed by atoms with Gasteiger partial charge in [0.25, 0.3) is 0 Å². The molecule has 0 rings (SSSR count). The standard InChI is InChI=1S/C3H7NO2.C3H7NS.C3H6O.C2H5NO2.C2H6O/c1-3(5)4-6-2;1-3(5)4-2;1-3(2)4;1-2(4)3-5;1-3-2/h1-2H3,(H,4,5);1-2H3,(H,4,5);1-2H3;5H,1H3,(H,3,4);1-2H3. The molecule has 0 radical (unpaired) electrons. The van der Waals surface area contributed by atoms with Gasteiger partial charge in [-0.2, -0.15) is 0 Å². The molecule has 0 aromatic rings. The van der Waals surface area contributed by atoms with E-state index < -0.39 is 5.91 Å². The summed E-state index contributed by atoms with van der Waals surface area (Å²) in [7, 11) is 6.45. The maximum Gasteiger partial charge on any atom is 0.240 e. The number of nitrogens with one attached hydrogen (secondary N) is 3. The predicted molar refractivity (Wildman–Crippen MR) is 93.0 cm³/mol. The van der Waals surface area contributed by atoms with Gasteiger partial charge in [-0.25, -0.2) is 11.0 Å². The Hall–Kier alpha value is -1.62. The number of carbonyl (C=O) groups excluding carboxylic acids is 3. The van der Waals surface area contributed by atoms with Crippen molar-refractivity contribution in [3.63, 3.8) is 0 Å². The van der Waals surface area contributed by atoms with Gasteiger partial charge in [-0.05, 0) is 20.8 Å². The summed E-state index contributed by atoms with van der Waals surface area (Å²) in [4.78, 5) is 33.7. The third-order valence-corrected chi connectivity index (χ3v) is 0.959. The summed E-state index contributed by atoms with van der Waals surface area (Å²) >= 11 is 4.59. The molecule has 0 heterocycles. The van der Waals surface area contributed by atoms with Gasteiger partial charge in [-0.15, -0.1) is 0 Å². The second kappa shape index (κ2) is 32.4. The highest BCUT2D eigenvalue weighted by Crippen LogP contribution is 1.56. The Morgan fingerprint density at radius 2 is 1.13 bits per heavy atom. The number of hydroxylamine groups is 2. The Balaban J connectivity index is -0.0000000598. The van der Waals surface area contributed by atoms with Crippen LogP contribution >= 0.6 is 12.2 Å². The zero-order chi connectivity index (χ0) is 19.8. The van der Waals surface area contributed by atoms with Crippen LogP contribution in [0.3, 0.4) is 0 Å². The number of amides is 2. The number of ketones is 1. The van der Waals surface area contributed by atoms with Crippen molar-refractivity contribution in [2.24, 2.45) is 0 Å². The summed E-state index contributed by atoms with van der Waals surface area (Å²) in [6.07, 6.45) is 0. The van der Waals surface area contributed by atoms with Crippen LogP contribution < -0.4 is 16.3 Å². The molecule has 2 amide bonds. The van der Waals surface area contributed by atoms with Crippen LogP contribution in [0.25, 0.3) is 0 Å². The molecule has 0 aromatic carbocycles. The van der Waals surface area contributed by atoms with Gasteiger partial charge in [0.1, 0.15) is 5.78 Å². The SMILES string of the molecule is CC(=O)NO.CC(C)=O.CNC(C)=S.COC.CONC(C)=O. The molecule has 0 saturated heterocycles.